The van der Waals surface area contributed by atoms with E-state index < -0.39 is 0 Å². The number of aromatic amines is 1. The third-order valence-corrected chi connectivity index (χ3v) is 3.95. The Labute approximate surface area is 135 Å². The molecule has 1 amide bonds. The summed E-state index contributed by atoms with van der Waals surface area (Å²) in [4.78, 5) is 18.6. The maximum Gasteiger partial charge on any atom is 0.238 e. The zero-order valence-corrected chi connectivity index (χ0v) is 13.2. The highest BCUT2D eigenvalue weighted by atomic mass is 16.5. The van der Waals surface area contributed by atoms with Crippen molar-refractivity contribution in [2.45, 2.75) is 19.4 Å². The van der Waals surface area contributed by atoms with Crippen molar-refractivity contribution in [3.05, 3.63) is 42.0 Å². The highest BCUT2D eigenvalue weighted by Gasteiger charge is 2.28. The molecule has 1 aromatic carbocycles. The van der Waals surface area contributed by atoms with Gasteiger partial charge >= 0.3 is 0 Å². The molecule has 1 aliphatic heterocycles. The molecule has 0 bridgehead atoms. The molecule has 0 aliphatic carbocycles. The first-order valence-corrected chi connectivity index (χ1v) is 7.82. The second-order valence-corrected chi connectivity index (χ2v) is 5.53. The van der Waals surface area contributed by atoms with Crippen molar-refractivity contribution in [3.8, 4) is 0 Å². The summed E-state index contributed by atoms with van der Waals surface area (Å²) in [6.45, 7) is 4.20. The average molecular weight is 315 g/mol. The molecule has 2 aromatic rings. The molecule has 23 heavy (non-hydrogen) atoms. The molecule has 7 nitrogen and oxygen atoms in total. The van der Waals surface area contributed by atoms with Gasteiger partial charge in [-0.3, -0.25) is 14.8 Å². The van der Waals surface area contributed by atoms with Crippen LogP contribution in [0, 0.1) is 0 Å². The molecule has 1 aromatic heterocycles. The number of amides is 1. The number of H-pyrrole nitrogens is 1. The van der Waals surface area contributed by atoms with Crippen molar-refractivity contribution in [2.24, 2.45) is 0 Å². The van der Waals surface area contributed by atoms with Crippen molar-refractivity contribution >= 4 is 11.6 Å². The Morgan fingerprint density at radius 3 is 3.22 bits per heavy atom. The van der Waals surface area contributed by atoms with E-state index in [1.807, 2.05) is 18.2 Å². The maximum atomic E-state index is 12.4. The summed E-state index contributed by atoms with van der Waals surface area (Å²) in [6.07, 6.45) is 2.42. The second kappa shape index (κ2) is 7.34. The molecule has 0 radical (unpaired) electrons. The molecule has 2 heterocycles. The topological polar surface area (TPSA) is 83.1 Å². The molecule has 1 aliphatic rings. The number of anilines is 1. The standard InChI is InChI=1S/C16H21N5O2/c1-2-12-4-3-5-13(8-12)19-15(22)9-21-6-7-23-10-14(21)16-17-11-18-20-16/h3-5,8,11,14H,2,6-7,9-10H2,1H3,(H,19,22)(H,17,18,20). The third-order valence-electron chi connectivity index (χ3n) is 3.95. The molecule has 3 rings (SSSR count). The fourth-order valence-electron chi connectivity index (χ4n) is 2.71. The number of nitrogens with zero attached hydrogens (tertiary/aromatic N) is 3. The van der Waals surface area contributed by atoms with Gasteiger partial charge in [0.1, 0.15) is 12.2 Å². The number of carbonyl (C=O) groups excluding carboxylic acids is 1. The average Bonchev–Trinajstić information content (AvgIpc) is 3.10. The lowest BCUT2D eigenvalue weighted by Crippen LogP contribution is -2.44. The van der Waals surface area contributed by atoms with E-state index in [2.05, 4.69) is 38.4 Å². The first kappa shape index (κ1) is 15.6. The number of carbonyl (C=O) groups is 1. The number of benzene rings is 1. The van der Waals surface area contributed by atoms with Crippen molar-refractivity contribution in [1.29, 1.82) is 0 Å². The molecule has 0 saturated carbocycles. The van der Waals surface area contributed by atoms with E-state index in [1.165, 1.54) is 11.9 Å². The van der Waals surface area contributed by atoms with Gasteiger partial charge in [0.2, 0.25) is 5.91 Å². The van der Waals surface area contributed by atoms with Crippen LogP contribution in [0.25, 0.3) is 0 Å². The van der Waals surface area contributed by atoms with E-state index >= 15 is 0 Å². The fourth-order valence-corrected chi connectivity index (χ4v) is 2.71. The second-order valence-electron chi connectivity index (χ2n) is 5.53. The lowest BCUT2D eigenvalue weighted by atomic mass is 10.1. The summed E-state index contributed by atoms with van der Waals surface area (Å²) in [5.74, 6) is 0.690. The minimum atomic E-state index is -0.0704. The van der Waals surface area contributed by atoms with Crippen molar-refractivity contribution in [2.75, 3.05) is 31.6 Å². The molecule has 0 spiro atoms. The minimum absolute atomic E-state index is 0.0373. The molecule has 2 N–H and O–H groups in total. The van der Waals surface area contributed by atoms with Crippen LogP contribution in [0.4, 0.5) is 5.69 Å². The smallest absolute Gasteiger partial charge is 0.238 e. The van der Waals surface area contributed by atoms with Gasteiger partial charge in [-0.2, -0.15) is 5.10 Å². The van der Waals surface area contributed by atoms with Crippen molar-refractivity contribution < 1.29 is 9.53 Å². The van der Waals surface area contributed by atoms with Crippen LogP contribution in [0.1, 0.15) is 24.4 Å². The van der Waals surface area contributed by atoms with Gasteiger partial charge in [0.15, 0.2) is 0 Å². The molecule has 7 heteroatoms. The maximum absolute atomic E-state index is 12.4. The number of nitrogens with one attached hydrogen (secondary N) is 2. The Bertz CT molecular complexity index is 644. The molecule has 1 fully saturated rings. The van der Waals surface area contributed by atoms with Gasteiger partial charge in [0.05, 0.1) is 25.8 Å². The molecule has 1 atom stereocenters. The van der Waals surface area contributed by atoms with E-state index in [4.69, 9.17) is 4.74 Å². The Balaban J connectivity index is 1.63. The first-order valence-electron chi connectivity index (χ1n) is 7.82. The van der Waals surface area contributed by atoms with Gasteiger partial charge in [0, 0.05) is 12.2 Å². The van der Waals surface area contributed by atoms with E-state index in [9.17, 15) is 4.79 Å². The summed E-state index contributed by atoms with van der Waals surface area (Å²) in [5.41, 5.74) is 2.03. The lowest BCUT2D eigenvalue weighted by molar-refractivity contribution is -0.119. The zero-order valence-electron chi connectivity index (χ0n) is 13.2. The van der Waals surface area contributed by atoms with Crippen LogP contribution in [-0.2, 0) is 16.0 Å². The van der Waals surface area contributed by atoms with Crippen LogP contribution in [0.3, 0.4) is 0 Å². The SMILES string of the molecule is CCc1cccc(NC(=O)CN2CCOCC2c2ncn[nH]2)c1. The largest absolute Gasteiger partial charge is 0.378 e. The predicted molar refractivity (Wildman–Crippen MR) is 86.0 cm³/mol. The van der Waals surface area contributed by atoms with Crippen molar-refractivity contribution in [3.63, 3.8) is 0 Å². The Morgan fingerprint density at radius 1 is 1.52 bits per heavy atom. The zero-order chi connectivity index (χ0) is 16.1. The molecular formula is C16H21N5O2. The highest BCUT2D eigenvalue weighted by Crippen LogP contribution is 2.20. The van der Waals surface area contributed by atoms with E-state index in [0.717, 1.165) is 17.9 Å². The summed E-state index contributed by atoms with van der Waals surface area (Å²) in [6, 6.07) is 7.85. The van der Waals surface area contributed by atoms with Crippen LogP contribution >= 0.6 is 0 Å². The van der Waals surface area contributed by atoms with Crippen LogP contribution in [-0.4, -0.2) is 52.3 Å². The molecule has 1 unspecified atom stereocenters. The first-order chi connectivity index (χ1) is 11.3. The van der Waals surface area contributed by atoms with Crippen LogP contribution in [0.2, 0.25) is 0 Å². The number of morpholine rings is 1. The highest BCUT2D eigenvalue weighted by molar-refractivity contribution is 5.92. The summed E-state index contributed by atoms with van der Waals surface area (Å²) in [5, 5.41) is 9.70. The quantitative estimate of drug-likeness (QED) is 0.871. The molecular weight excluding hydrogens is 294 g/mol. The Kier molecular flexibility index (Phi) is 4.99. The van der Waals surface area contributed by atoms with Crippen LogP contribution in [0.15, 0.2) is 30.6 Å². The summed E-state index contributed by atoms with van der Waals surface area (Å²) < 4.78 is 5.51. The summed E-state index contributed by atoms with van der Waals surface area (Å²) in [7, 11) is 0. The fraction of sp³-hybridized carbons (Fsp3) is 0.438. The van der Waals surface area contributed by atoms with E-state index in [0.29, 0.717) is 26.3 Å². The summed E-state index contributed by atoms with van der Waals surface area (Å²) >= 11 is 0. The van der Waals surface area contributed by atoms with Crippen LogP contribution in [0.5, 0.6) is 0 Å². The number of aryl methyl sites for hydroxylation is 1. The van der Waals surface area contributed by atoms with Gasteiger partial charge in [-0.05, 0) is 24.1 Å². The Hall–Kier alpha value is -2.25. The predicted octanol–water partition coefficient (Wildman–Crippen LogP) is 1.38. The van der Waals surface area contributed by atoms with Gasteiger partial charge < -0.3 is 10.1 Å². The normalized spacial score (nSPS) is 18.7. The number of hydrogen-bond acceptors (Lipinski definition) is 5. The monoisotopic (exact) mass is 315 g/mol. The van der Waals surface area contributed by atoms with Crippen LogP contribution < -0.4 is 5.32 Å². The number of ether oxygens (including phenoxy) is 1. The molecule has 1 saturated heterocycles. The number of rotatable bonds is 5. The van der Waals surface area contributed by atoms with Gasteiger partial charge in [0.25, 0.3) is 0 Å². The minimum Gasteiger partial charge on any atom is -0.378 e. The Morgan fingerprint density at radius 2 is 2.43 bits per heavy atom. The van der Waals surface area contributed by atoms with E-state index in [1.54, 1.807) is 0 Å². The third kappa shape index (κ3) is 3.94. The van der Waals surface area contributed by atoms with Gasteiger partial charge in [-0.1, -0.05) is 19.1 Å². The number of hydrogen-bond donors (Lipinski definition) is 2. The molecule has 122 valence electrons. The van der Waals surface area contributed by atoms with Gasteiger partial charge in [-0.15, -0.1) is 0 Å². The van der Waals surface area contributed by atoms with E-state index in [-0.39, 0.29) is 11.9 Å². The number of aromatic nitrogens is 3. The van der Waals surface area contributed by atoms with Crippen molar-refractivity contribution in [1.82, 2.24) is 20.1 Å². The lowest BCUT2D eigenvalue weighted by Gasteiger charge is -2.33. The van der Waals surface area contributed by atoms with Gasteiger partial charge in [-0.25, -0.2) is 4.98 Å².